The van der Waals surface area contributed by atoms with Crippen molar-refractivity contribution in [3.63, 3.8) is 0 Å². The summed E-state index contributed by atoms with van der Waals surface area (Å²) in [5.74, 6) is 0.00790. The highest BCUT2D eigenvalue weighted by atomic mass is 19.1. The molecule has 1 aromatic rings. The number of hydrogen-bond donors (Lipinski definition) is 1. The third-order valence-corrected chi connectivity index (χ3v) is 4.01. The first-order chi connectivity index (χ1) is 10.2. The molecule has 2 unspecified atom stereocenters. The minimum atomic E-state index is -0.292. The summed E-state index contributed by atoms with van der Waals surface area (Å²) in [6.07, 6.45) is 5.70. The molecule has 0 saturated carbocycles. The van der Waals surface area contributed by atoms with Gasteiger partial charge in [-0.1, -0.05) is 13.0 Å². The Kier molecular flexibility index (Phi) is 6.46. The molecule has 0 aliphatic carbocycles. The van der Waals surface area contributed by atoms with Crippen molar-refractivity contribution < 1.29 is 13.9 Å². The van der Waals surface area contributed by atoms with Gasteiger partial charge in [-0.2, -0.15) is 0 Å². The quantitative estimate of drug-likeness (QED) is 0.837. The lowest BCUT2D eigenvalue weighted by Crippen LogP contribution is -2.36. The van der Waals surface area contributed by atoms with E-state index in [1.54, 1.807) is 12.1 Å². The monoisotopic (exact) mass is 295 g/mol. The van der Waals surface area contributed by atoms with E-state index >= 15 is 0 Å². The lowest BCUT2D eigenvalue weighted by molar-refractivity contribution is 0.00535. The molecule has 4 heteroatoms. The van der Waals surface area contributed by atoms with E-state index in [0.29, 0.717) is 17.9 Å². The summed E-state index contributed by atoms with van der Waals surface area (Å²) in [5.41, 5.74) is 0.995. The molecule has 1 saturated heterocycles. The summed E-state index contributed by atoms with van der Waals surface area (Å²) in [5, 5.41) is 3.49. The molecule has 118 valence electrons. The number of hydrogen-bond acceptors (Lipinski definition) is 3. The molecule has 1 N–H and O–H groups in total. The van der Waals surface area contributed by atoms with E-state index in [2.05, 4.69) is 12.2 Å². The zero-order valence-electron chi connectivity index (χ0n) is 13.0. The average molecular weight is 295 g/mol. The summed E-state index contributed by atoms with van der Waals surface area (Å²) in [6, 6.07) is 5.54. The van der Waals surface area contributed by atoms with Gasteiger partial charge >= 0.3 is 0 Å². The molecular formula is C17H26FNO2. The molecule has 1 aliphatic rings. The van der Waals surface area contributed by atoms with E-state index in [1.165, 1.54) is 20.0 Å². The molecular weight excluding hydrogens is 269 g/mol. The molecule has 0 spiro atoms. The molecule has 3 nitrogen and oxygen atoms in total. The summed E-state index contributed by atoms with van der Waals surface area (Å²) < 4.78 is 24.6. The molecule has 1 heterocycles. The first-order valence-corrected chi connectivity index (χ1v) is 7.90. The van der Waals surface area contributed by atoms with Crippen LogP contribution in [-0.2, 0) is 11.2 Å². The highest BCUT2D eigenvalue weighted by Crippen LogP contribution is 2.21. The van der Waals surface area contributed by atoms with E-state index in [4.69, 9.17) is 9.47 Å². The van der Waals surface area contributed by atoms with Crippen LogP contribution in [0.2, 0.25) is 0 Å². The Morgan fingerprint density at radius 2 is 2.29 bits per heavy atom. The molecule has 2 rings (SSSR count). The molecule has 0 bridgehead atoms. The Labute approximate surface area is 126 Å². The fourth-order valence-electron chi connectivity index (χ4n) is 2.96. The molecule has 1 aliphatic heterocycles. The lowest BCUT2D eigenvalue weighted by atomic mass is 9.96. The maximum Gasteiger partial charge on any atom is 0.165 e. The predicted molar refractivity (Wildman–Crippen MR) is 82.3 cm³/mol. The van der Waals surface area contributed by atoms with Crippen LogP contribution in [0.25, 0.3) is 0 Å². The fourth-order valence-corrected chi connectivity index (χ4v) is 2.96. The fraction of sp³-hybridized carbons (Fsp3) is 0.647. The van der Waals surface area contributed by atoms with E-state index < -0.39 is 0 Å². The maximum atomic E-state index is 13.8. The van der Waals surface area contributed by atoms with Gasteiger partial charge in [-0.15, -0.1) is 0 Å². The van der Waals surface area contributed by atoms with Gasteiger partial charge < -0.3 is 14.8 Å². The van der Waals surface area contributed by atoms with E-state index in [1.807, 2.05) is 6.07 Å². The van der Waals surface area contributed by atoms with Gasteiger partial charge in [0.25, 0.3) is 0 Å². The van der Waals surface area contributed by atoms with Crippen LogP contribution in [0.3, 0.4) is 0 Å². The predicted octanol–water partition coefficient (Wildman–Crippen LogP) is 3.31. The number of ether oxygens (including phenoxy) is 2. The van der Waals surface area contributed by atoms with Crippen LogP contribution >= 0.6 is 0 Å². The van der Waals surface area contributed by atoms with Crippen molar-refractivity contribution in [1.29, 1.82) is 0 Å². The number of rotatable bonds is 7. The Hall–Kier alpha value is -1.13. The van der Waals surface area contributed by atoms with Gasteiger partial charge in [-0.25, -0.2) is 4.39 Å². The standard InChI is InChI=1S/C17H26FNO2/c1-3-19-14(12-15-6-4-5-9-21-15)10-13-7-8-17(20-2)16(18)11-13/h7-8,11,14-15,19H,3-6,9-10,12H2,1-2H3. The normalized spacial score (nSPS) is 20.2. The number of benzene rings is 1. The van der Waals surface area contributed by atoms with Crippen LogP contribution in [-0.4, -0.2) is 32.4 Å². The minimum Gasteiger partial charge on any atom is -0.494 e. The second kappa shape index (κ2) is 8.35. The van der Waals surface area contributed by atoms with Crippen molar-refractivity contribution in [2.75, 3.05) is 20.3 Å². The van der Waals surface area contributed by atoms with Crippen molar-refractivity contribution in [3.05, 3.63) is 29.6 Å². The zero-order chi connectivity index (χ0) is 15.1. The van der Waals surface area contributed by atoms with Gasteiger partial charge in [0.15, 0.2) is 11.6 Å². The van der Waals surface area contributed by atoms with Crippen molar-refractivity contribution in [3.8, 4) is 5.75 Å². The van der Waals surface area contributed by atoms with Gasteiger partial charge in [0.05, 0.1) is 13.2 Å². The van der Waals surface area contributed by atoms with Crippen LogP contribution in [0.4, 0.5) is 4.39 Å². The van der Waals surface area contributed by atoms with Crippen LogP contribution in [0.15, 0.2) is 18.2 Å². The van der Waals surface area contributed by atoms with Gasteiger partial charge in [0.2, 0.25) is 0 Å². The van der Waals surface area contributed by atoms with Crippen molar-refractivity contribution in [2.24, 2.45) is 0 Å². The first kappa shape index (κ1) is 16.2. The van der Waals surface area contributed by atoms with Crippen LogP contribution in [0.5, 0.6) is 5.75 Å². The topological polar surface area (TPSA) is 30.5 Å². The molecule has 0 radical (unpaired) electrons. The average Bonchev–Trinajstić information content (AvgIpc) is 2.49. The van der Waals surface area contributed by atoms with Gasteiger partial charge in [0, 0.05) is 12.6 Å². The van der Waals surface area contributed by atoms with Gasteiger partial charge in [-0.3, -0.25) is 0 Å². The summed E-state index contributed by atoms with van der Waals surface area (Å²) in [4.78, 5) is 0. The molecule has 0 amide bonds. The second-order valence-corrected chi connectivity index (χ2v) is 5.65. The highest BCUT2D eigenvalue weighted by Gasteiger charge is 2.19. The number of halogens is 1. The van der Waals surface area contributed by atoms with Crippen LogP contribution in [0, 0.1) is 5.82 Å². The van der Waals surface area contributed by atoms with Crippen molar-refractivity contribution in [1.82, 2.24) is 5.32 Å². The Morgan fingerprint density at radius 1 is 1.43 bits per heavy atom. The maximum absolute atomic E-state index is 13.8. The third-order valence-electron chi connectivity index (χ3n) is 4.01. The Bertz CT molecular complexity index is 433. The Morgan fingerprint density at radius 3 is 2.90 bits per heavy atom. The van der Waals surface area contributed by atoms with E-state index in [0.717, 1.165) is 38.0 Å². The summed E-state index contributed by atoms with van der Waals surface area (Å²) >= 11 is 0. The highest BCUT2D eigenvalue weighted by molar-refractivity contribution is 5.29. The molecule has 1 aromatic carbocycles. The van der Waals surface area contributed by atoms with E-state index in [9.17, 15) is 4.39 Å². The SMILES string of the molecule is CCNC(Cc1ccc(OC)c(F)c1)CC1CCCCO1. The lowest BCUT2D eigenvalue weighted by Gasteiger charge is -2.27. The number of methoxy groups -OCH3 is 1. The molecule has 0 aromatic heterocycles. The second-order valence-electron chi connectivity index (χ2n) is 5.65. The summed E-state index contributed by atoms with van der Waals surface area (Å²) in [6.45, 7) is 3.89. The van der Waals surface area contributed by atoms with Crippen LogP contribution in [0.1, 0.15) is 38.2 Å². The third kappa shape index (κ3) is 4.97. The van der Waals surface area contributed by atoms with Crippen molar-refractivity contribution >= 4 is 0 Å². The number of likely N-dealkylation sites (N-methyl/N-ethyl adjacent to an activating group) is 1. The Balaban J connectivity index is 1.96. The first-order valence-electron chi connectivity index (χ1n) is 7.90. The van der Waals surface area contributed by atoms with Gasteiger partial charge in [0.1, 0.15) is 0 Å². The summed E-state index contributed by atoms with van der Waals surface area (Å²) in [7, 11) is 1.49. The van der Waals surface area contributed by atoms with Crippen LogP contribution < -0.4 is 10.1 Å². The number of nitrogens with one attached hydrogen (secondary N) is 1. The molecule has 2 atom stereocenters. The largest absolute Gasteiger partial charge is 0.494 e. The minimum absolute atomic E-state index is 0.292. The molecule has 21 heavy (non-hydrogen) atoms. The molecule has 1 fully saturated rings. The smallest absolute Gasteiger partial charge is 0.165 e. The zero-order valence-corrected chi connectivity index (χ0v) is 13.0. The van der Waals surface area contributed by atoms with Gasteiger partial charge in [-0.05, 0) is 56.3 Å². The van der Waals surface area contributed by atoms with Crippen molar-refractivity contribution in [2.45, 2.75) is 51.2 Å². The van der Waals surface area contributed by atoms with E-state index in [-0.39, 0.29) is 5.82 Å².